The number of methoxy groups -OCH3 is 1. The summed E-state index contributed by atoms with van der Waals surface area (Å²) in [4.78, 5) is 12.0. The lowest BCUT2D eigenvalue weighted by molar-refractivity contribution is -0.113. The minimum Gasteiger partial charge on any atom is -0.496 e. The van der Waals surface area contributed by atoms with Crippen molar-refractivity contribution in [2.24, 2.45) is 7.05 Å². The number of benzene rings is 2. The number of rotatable bonds is 6. The number of amides is 1. The van der Waals surface area contributed by atoms with Gasteiger partial charge in [0.1, 0.15) is 5.75 Å². The molecule has 0 atom stereocenters. The molecule has 0 unspecified atom stereocenters. The van der Waals surface area contributed by atoms with Crippen LogP contribution in [0.1, 0.15) is 0 Å². The molecule has 1 heterocycles. The first-order valence-corrected chi connectivity index (χ1v) is 8.88. The molecule has 1 amide bonds. The maximum atomic E-state index is 13.2. The number of carbonyl (C=O) groups is 1. The fourth-order valence-corrected chi connectivity index (χ4v) is 3.12. The van der Waals surface area contributed by atoms with Crippen molar-refractivity contribution in [1.82, 2.24) is 14.8 Å². The third-order valence-electron chi connectivity index (χ3n) is 3.72. The fourth-order valence-electron chi connectivity index (χ4n) is 2.41. The topological polar surface area (TPSA) is 69.0 Å². The molecule has 1 aromatic heterocycles. The highest BCUT2D eigenvalue weighted by molar-refractivity contribution is 7.99. The molecule has 0 spiro atoms. The largest absolute Gasteiger partial charge is 0.496 e. The van der Waals surface area contributed by atoms with Gasteiger partial charge in [-0.15, -0.1) is 10.2 Å². The monoisotopic (exact) mass is 390 g/mol. The van der Waals surface area contributed by atoms with E-state index >= 15 is 0 Å². The van der Waals surface area contributed by atoms with Gasteiger partial charge in [0.25, 0.3) is 0 Å². The molecular formula is C18H16F2N4O2S. The van der Waals surface area contributed by atoms with Gasteiger partial charge in [-0.1, -0.05) is 23.9 Å². The molecule has 0 radical (unpaired) electrons. The van der Waals surface area contributed by atoms with Gasteiger partial charge >= 0.3 is 0 Å². The lowest BCUT2D eigenvalue weighted by Gasteiger charge is -2.08. The number of nitrogens with zero attached hydrogens (tertiary/aromatic N) is 3. The number of ether oxygens (including phenoxy) is 1. The molecule has 3 aromatic rings. The summed E-state index contributed by atoms with van der Waals surface area (Å²) in [6, 6.07) is 10.6. The van der Waals surface area contributed by atoms with Gasteiger partial charge < -0.3 is 14.6 Å². The average Bonchev–Trinajstić information content (AvgIpc) is 3.03. The average molecular weight is 390 g/mol. The molecule has 0 fully saturated rings. The van der Waals surface area contributed by atoms with E-state index < -0.39 is 11.6 Å². The number of halogens is 2. The predicted octanol–water partition coefficient (Wildman–Crippen LogP) is 3.50. The Morgan fingerprint density at radius 3 is 2.70 bits per heavy atom. The predicted molar refractivity (Wildman–Crippen MR) is 98.7 cm³/mol. The van der Waals surface area contributed by atoms with Gasteiger partial charge in [-0.25, -0.2) is 8.78 Å². The Balaban J connectivity index is 1.67. The second-order valence-corrected chi connectivity index (χ2v) is 6.47. The number of hydrogen-bond acceptors (Lipinski definition) is 5. The number of nitrogens with one attached hydrogen (secondary N) is 1. The van der Waals surface area contributed by atoms with Crippen molar-refractivity contribution < 1.29 is 18.3 Å². The molecule has 140 valence electrons. The lowest BCUT2D eigenvalue weighted by Crippen LogP contribution is -2.14. The van der Waals surface area contributed by atoms with Crippen LogP contribution in [0, 0.1) is 11.6 Å². The zero-order valence-electron chi connectivity index (χ0n) is 14.6. The quantitative estimate of drug-likeness (QED) is 0.653. The van der Waals surface area contributed by atoms with Crippen molar-refractivity contribution in [3.8, 4) is 17.1 Å². The highest BCUT2D eigenvalue weighted by Crippen LogP contribution is 2.30. The maximum Gasteiger partial charge on any atom is 0.234 e. The standard InChI is InChI=1S/C18H16F2N4O2S/c1-24-17(12-5-3-4-6-15(12)26-2)22-23-18(24)27-10-16(25)21-11-7-8-13(19)14(20)9-11/h3-9H,10H2,1-2H3,(H,21,25). The van der Waals surface area contributed by atoms with Crippen LogP contribution >= 0.6 is 11.8 Å². The van der Waals surface area contributed by atoms with Gasteiger partial charge in [-0.3, -0.25) is 4.79 Å². The Labute approximate surface area is 158 Å². The third-order valence-corrected chi connectivity index (χ3v) is 4.74. The van der Waals surface area contributed by atoms with Crippen LogP contribution in [0.4, 0.5) is 14.5 Å². The summed E-state index contributed by atoms with van der Waals surface area (Å²) in [6.07, 6.45) is 0. The highest BCUT2D eigenvalue weighted by atomic mass is 32.2. The third kappa shape index (κ3) is 4.25. The van der Waals surface area contributed by atoms with E-state index in [-0.39, 0.29) is 17.3 Å². The zero-order chi connectivity index (χ0) is 19.4. The van der Waals surface area contributed by atoms with Crippen LogP contribution in [0.2, 0.25) is 0 Å². The maximum absolute atomic E-state index is 13.2. The van der Waals surface area contributed by atoms with Crippen LogP contribution in [-0.4, -0.2) is 33.5 Å². The van der Waals surface area contributed by atoms with Crippen LogP contribution < -0.4 is 10.1 Å². The Morgan fingerprint density at radius 2 is 1.96 bits per heavy atom. The van der Waals surface area contributed by atoms with Crippen LogP contribution in [0.25, 0.3) is 11.4 Å². The van der Waals surface area contributed by atoms with E-state index in [1.165, 1.54) is 17.8 Å². The molecular weight excluding hydrogens is 374 g/mol. The molecule has 27 heavy (non-hydrogen) atoms. The highest BCUT2D eigenvalue weighted by Gasteiger charge is 2.16. The SMILES string of the molecule is COc1ccccc1-c1nnc(SCC(=O)Nc2ccc(F)c(F)c2)n1C. The first-order chi connectivity index (χ1) is 13.0. The fraction of sp³-hybridized carbons (Fsp3) is 0.167. The van der Waals surface area contributed by atoms with E-state index in [4.69, 9.17) is 4.74 Å². The molecule has 0 aliphatic carbocycles. The van der Waals surface area contributed by atoms with Gasteiger partial charge in [0, 0.05) is 18.8 Å². The molecule has 6 nitrogen and oxygen atoms in total. The normalized spacial score (nSPS) is 10.7. The molecule has 0 aliphatic rings. The molecule has 0 saturated heterocycles. The molecule has 0 bridgehead atoms. The van der Waals surface area contributed by atoms with Crippen molar-refractivity contribution in [3.05, 3.63) is 54.1 Å². The van der Waals surface area contributed by atoms with E-state index in [1.807, 2.05) is 24.3 Å². The van der Waals surface area contributed by atoms with Crippen molar-refractivity contribution in [1.29, 1.82) is 0 Å². The Kier molecular flexibility index (Phi) is 5.70. The summed E-state index contributed by atoms with van der Waals surface area (Å²) in [5.41, 5.74) is 0.972. The molecule has 0 saturated carbocycles. The second-order valence-electron chi connectivity index (χ2n) is 5.53. The van der Waals surface area contributed by atoms with Crippen molar-refractivity contribution in [2.75, 3.05) is 18.2 Å². The summed E-state index contributed by atoms with van der Waals surface area (Å²) in [5, 5.41) is 11.3. The van der Waals surface area contributed by atoms with Crippen molar-refractivity contribution in [2.45, 2.75) is 5.16 Å². The number of aromatic nitrogens is 3. The Bertz CT molecular complexity index is 978. The van der Waals surface area contributed by atoms with Crippen LogP contribution in [0.5, 0.6) is 5.75 Å². The van der Waals surface area contributed by atoms with Gasteiger partial charge in [0.2, 0.25) is 5.91 Å². The van der Waals surface area contributed by atoms with Gasteiger partial charge in [0.15, 0.2) is 22.6 Å². The first kappa shape index (κ1) is 18.8. The minimum absolute atomic E-state index is 0.0386. The van der Waals surface area contributed by atoms with E-state index in [0.717, 1.165) is 17.7 Å². The minimum atomic E-state index is -1.02. The smallest absolute Gasteiger partial charge is 0.234 e. The number of thioether (sulfide) groups is 1. The number of hydrogen-bond donors (Lipinski definition) is 1. The summed E-state index contributed by atoms with van der Waals surface area (Å²) in [6.45, 7) is 0. The molecule has 2 aromatic carbocycles. The summed E-state index contributed by atoms with van der Waals surface area (Å²) in [7, 11) is 3.37. The number of carbonyl (C=O) groups excluding carboxylic acids is 1. The van der Waals surface area contributed by atoms with Crippen molar-refractivity contribution in [3.63, 3.8) is 0 Å². The van der Waals surface area contributed by atoms with E-state index in [1.54, 1.807) is 18.7 Å². The molecule has 0 aliphatic heterocycles. The van der Waals surface area contributed by atoms with Crippen molar-refractivity contribution >= 4 is 23.4 Å². The first-order valence-electron chi connectivity index (χ1n) is 7.90. The summed E-state index contributed by atoms with van der Waals surface area (Å²) >= 11 is 1.18. The van der Waals surface area contributed by atoms with Crippen LogP contribution in [0.15, 0.2) is 47.6 Å². The molecule has 1 N–H and O–H groups in total. The second kappa shape index (κ2) is 8.17. The van der Waals surface area contributed by atoms with E-state index in [9.17, 15) is 13.6 Å². The van der Waals surface area contributed by atoms with E-state index in [2.05, 4.69) is 15.5 Å². The van der Waals surface area contributed by atoms with Gasteiger partial charge in [-0.05, 0) is 24.3 Å². The Morgan fingerprint density at radius 1 is 1.19 bits per heavy atom. The number of anilines is 1. The van der Waals surface area contributed by atoms with Gasteiger partial charge in [0.05, 0.1) is 18.4 Å². The molecule has 9 heteroatoms. The van der Waals surface area contributed by atoms with Crippen LogP contribution in [-0.2, 0) is 11.8 Å². The molecule has 3 rings (SSSR count). The summed E-state index contributed by atoms with van der Waals surface area (Å²) in [5.74, 6) is -1.04. The van der Waals surface area contributed by atoms with E-state index in [0.29, 0.717) is 16.7 Å². The Hall–Kier alpha value is -2.94. The van der Waals surface area contributed by atoms with Crippen LogP contribution in [0.3, 0.4) is 0 Å². The van der Waals surface area contributed by atoms with Gasteiger partial charge in [-0.2, -0.15) is 0 Å². The number of para-hydroxylation sites is 1. The summed E-state index contributed by atoms with van der Waals surface area (Å²) < 4.78 is 33.2. The lowest BCUT2D eigenvalue weighted by atomic mass is 10.2. The zero-order valence-corrected chi connectivity index (χ0v) is 15.4.